The van der Waals surface area contributed by atoms with Crippen molar-refractivity contribution >= 4 is 12.0 Å². The van der Waals surface area contributed by atoms with Gasteiger partial charge in [-0.3, -0.25) is 4.79 Å². The highest BCUT2D eigenvalue weighted by Gasteiger charge is 1.97. The lowest BCUT2D eigenvalue weighted by Crippen LogP contribution is -2.19. The Labute approximate surface area is 74.8 Å². The second-order valence-electron chi connectivity index (χ2n) is 2.52. The number of carbonyl (C=O) groups excluding carboxylic acids is 1. The molecule has 0 radical (unpaired) electrons. The van der Waals surface area contributed by atoms with Gasteiger partial charge in [-0.1, -0.05) is 12.1 Å². The maximum absolute atomic E-state index is 12.4. The van der Waals surface area contributed by atoms with Crippen LogP contribution in [0.1, 0.15) is 5.56 Å². The molecule has 0 atom stereocenters. The number of benzene rings is 1. The normalized spacial score (nSPS) is 11.3. The molecule has 0 aliphatic heterocycles. The SMILES string of the molecule is NC(=O)/C(N)=C\c1ccc(F)cc1. The van der Waals surface area contributed by atoms with E-state index in [4.69, 9.17) is 11.5 Å². The van der Waals surface area contributed by atoms with Crippen LogP contribution in [0.3, 0.4) is 0 Å². The molecule has 0 heterocycles. The summed E-state index contributed by atoms with van der Waals surface area (Å²) < 4.78 is 12.4. The monoisotopic (exact) mass is 180 g/mol. The van der Waals surface area contributed by atoms with Gasteiger partial charge in [-0.15, -0.1) is 0 Å². The van der Waals surface area contributed by atoms with Crippen molar-refractivity contribution < 1.29 is 9.18 Å². The fraction of sp³-hybridized carbons (Fsp3) is 0. The number of hydrogen-bond acceptors (Lipinski definition) is 2. The second-order valence-corrected chi connectivity index (χ2v) is 2.52. The first-order valence-corrected chi connectivity index (χ1v) is 3.62. The summed E-state index contributed by atoms with van der Waals surface area (Å²) in [5.74, 6) is -1.03. The van der Waals surface area contributed by atoms with E-state index in [9.17, 15) is 9.18 Å². The third-order valence-corrected chi connectivity index (χ3v) is 1.48. The zero-order valence-corrected chi connectivity index (χ0v) is 6.83. The Hall–Kier alpha value is -1.84. The van der Waals surface area contributed by atoms with E-state index in [2.05, 4.69) is 0 Å². The number of amides is 1. The molecule has 0 saturated carbocycles. The highest BCUT2D eigenvalue weighted by atomic mass is 19.1. The van der Waals surface area contributed by atoms with E-state index in [-0.39, 0.29) is 11.5 Å². The summed E-state index contributed by atoms with van der Waals surface area (Å²) in [6.45, 7) is 0. The van der Waals surface area contributed by atoms with Crippen molar-refractivity contribution in [1.82, 2.24) is 0 Å². The van der Waals surface area contributed by atoms with Crippen molar-refractivity contribution in [3.8, 4) is 0 Å². The van der Waals surface area contributed by atoms with Crippen molar-refractivity contribution in [3.05, 3.63) is 41.3 Å². The van der Waals surface area contributed by atoms with Gasteiger partial charge in [-0.2, -0.15) is 0 Å². The Kier molecular flexibility index (Phi) is 2.64. The molecule has 0 spiro atoms. The van der Waals surface area contributed by atoms with Gasteiger partial charge >= 0.3 is 0 Å². The summed E-state index contributed by atoms with van der Waals surface area (Å²) in [7, 11) is 0. The van der Waals surface area contributed by atoms with Crippen molar-refractivity contribution in [2.45, 2.75) is 0 Å². The molecule has 68 valence electrons. The van der Waals surface area contributed by atoms with Crippen LogP contribution in [0.5, 0.6) is 0 Å². The number of rotatable bonds is 2. The molecule has 0 aromatic heterocycles. The molecule has 0 bridgehead atoms. The predicted molar refractivity (Wildman–Crippen MR) is 47.8 cm³/mol. The lowest BCUT2D eigenvalue weighted by Gasteiger charge is -1.95. The van der Waals surface area contributed by atoms with Crippen LogP contribution < -0.4 is 11.5 Å². The fourth-order valence-corrected chi connectivity index (χ4v) is 0.810. The average Bonchev–Trinajstić information content (AvgIpc) is 2.08. The van der Waals surface area contributed by atoms with Gasteiger partial charge in [0.1, 0.15) is 5.82 Å². The zero-order chi connectivity index (χ0) is 9.84. The smallest absolute Gasteiger partial charge is 0.264 e. The summed E-state index contributed by atoms with van der Waals surface area (Å²) in [5.41, 5.74) is 10.8. The number of carbonyl (C=O) groups is 1. The van der Waals surface area contributed by atoms with E-state index < -0.39 is 5.91 Å². The Morgan fingerprint density at radius 1 is 1.23 bits per heavy atom. The van der Waals surface area contributed by atoms with Gasteiger partial charge < -0.3 is 11.5 Å². The summed E-state index contributed by atoms with van der Waals surface area (Å²) in [5, 5.41) is 0. The van der Waals surface area contributed by atoms with Crippen LogP contribution in [0.2, 0.25) is 0 Å². The van der Waals surface area contributed by atoms with E-state index in [1.807, 2.05) is 0 Å². The Bertz CT molecular complexity index is 343. The predicted octanol–water partition coefficient (Wildman–Crippen LogP) is 0.611. The van der Waals surface area contributed by atoms with Gasteiger partial charge in [0.25, 0.3) is 5.91 Å². The lowest BCUT2D eigenvalue weighted by atomic mass is 10.2. The highest BCUT2D eigenvalue weighted by Crippen LogP contribution is 2.05. The Balaban J connectivity index is 2.92. The average molecular weight is 180 g/mol. The van der Waals surface area contributed by atoms with Crippen LogP contribution in [-0.2, 0) is 4.79 Å². The van der Waals surface area contributed by atoms with Crippen LogP contribution in [-0.4, -0.2) is 5.91 Å². The third kappa shape index (κ3) is 2.59. The maximum Gasteiger partial charge on any atom is 0.264 e. The standard InChI is InChI=1S/C9H9FN2O/c10-7-3-1-6(2-4-7)5-8(11)9(12)13/h1-5H,11H2,(H2,12,13)/b8-5+. The molecule has 3 nitrogen and oxygen atoms in total. The largest absolute Gasteiger partial charge is 0.394 e. The van der Waals surface area contributed by atoms with Crippen LogP contribution in [0.25, 0.3) is 6.08 Å². The first-order chi connectivity index (χ1) is 6.09. The minimum atomic E-state index is -0.690. The summed E-state index contributed by atoms with van der Waals surface area (Å²) in [6, 6.07) is 5.57. The quantitative estimate of drug-likeness (QED) is 0.654. The Morgan fingerprint density at radius 3 is 2.23 bits per heavy atom. The summed E-state index contributed by atoms with van der Waals surface area (Å²) >= 11 is 0. The molecule has 4 heteroatoms. The van der Waals surface area contributed by atoms with Gasteiger partial charge in [0.15, 0.2) is 0 Å². The van der Waals surface area contributed by atoms with Crippen LogP contribution >= 0.6 is 0 Å². The zero-order valence-electron chi connectivity index (χ0n) is 6.83. The highest BCUT2D eigenvalue weighted by molar-refractivity contribution is 5.95. The van der Waals surface area contributed by atoms with Crippen LogP contribution in [0.4, 0.5) is 4.39 Å². The lowest BCUT2D eigenvalue weighted by molar-refractivity contribution is -0.114. The van der Waals surface area contributed by atoms with Crippen molar-refractivity contribution in [2.24, 2.45) is 11.5 Å². The second kappa shape index (κ2) is 3.71. The van der Waals surface area contributed by atoms with Gasteiger partial charge in [0.05, 0.1) is 5.70 Å². The minimum Gasteiger partial charge on any atom is -0.394 e. The van der Waals surface area contributed by atoms with Gasteiger partial charge in [-0.05, 0) is 23.8 Å². The molecular formula is C9H9FN2O. The van der Waals surface area contributed by atoms with E-state index in [0.29, 0.717) is 5.56 Å². The molecule has 13 heavy (non-hydrogen) atoms. The van der Waals surface area contributed by atoms with Crippen molar-refractivity contribution in [1.29, 1.82) is 0 Å². The van der Waals surface area contributed by atoms with Gasteiger partial charge in [0, 0.05) is 0 Å². The molecule has 0 aliphatic rings. The molecule has 1 aromatic carbocycles. The van der Waals surface area contributed by atoms with E-state index in [0.717, 1.165) is 0 Å². The first-order valence-electron chi connectivity index (χ1n) is 3.62. The van der Waals surface area contributed by atoms with Crippen molar-refractivity contribution in [3.63, 3.8) is 0 Å². The van der Waals surface area contributed by atoms with Crippen LogP contribution in [0, 0.1) is 5.82 Å². The van der Waals surface area contributed by atoms with Gasteiger partial charge in [0.2, 0.25) is 0 Å². The molecule has 0 unspecified atom stereocenters. The Morgan fingerprint density at radius 2 is 1.77 bits per heavy atom. The molecule has 1 rings (SSSR count). The number of primary amides is 1. The summed E-state index contributed by atoms with van der Waals surface area (Å²) in [6.07, 6.45) is 1.39. The molecule has 0 fully saturated rings. The maximum atomic E-state index is 12.4. The number of hydrogen-bond donors (Lipinski definition) is 2. The van der Waals surface area contributed by atoms with E-state index in [1.54, 1.807) is 0 Å². The molecular weight excluding hydrogens is 171 g/mol. The topological polar surface area (TPSA) is 69.1 Å². The van der Waals surface area contributed by atoms with E-state index >= 15 is 0 Å². The molecule has 1 aromatic rings. The molecule has 1 amide bonds. The van der Waals surface area contributed by atoms with Crippen molar-refractivity contribution in [2.75, 3.05) is 0 Å². The summed E-state index contributed by atoms with van der Waals surface area (Å²) in [4.78, 5) is 10.5. The first kappa shape index (κ1) is 9.25. The number of halogens is 1. The van der Waals surface area contributed by atoms with E-state index in [1.165, 1.54) is 30.3 Å². The third-order valence-electron chi connectivity index (χ3n) is 1.48. The molecule has 0 aliphatic carbocycles. The van der Waals surface area contributed by atoms with Crippen LogP contribution in [0.15, 0.2) is 30.0 Å². The fourth-order valence-electron chi connectivity index (χ4n) is 0.810. The minimum absolute atomic E-state index is 0.0494. The van der Waals surface area contributed by atoms with Gasteiger partial charge in [-0.25, -0.2) is 4.39 Å². The number of nitrogens with two attached hydrogens (primary N) is 2. The molecule has 0 saturated heterocycles. The molecule has 4 N–H and O–H groups in total.